The molecule has 2 rings (SSSR count). The number of carbonyl (C=O) groups is 2. The molecule has 2 aromatic rings. The van der Waals surface area contributed by atoms with Gasteiger partial charge < -0.3 is 25.8 Å². The molecule has 0 spiro atoms. The molecule has 8 heteroatoms. The number of hydrogen-bond acceptors (Lipinski definition) is 6. The second kappa shape index (κ2) is 10.3. The average Bonchev–Trinajstić information content (AvgIpc) is 2.70. The largest absolute Gasteiger partial charge is 0.497 e. The van der Waals surface area contributed by atoms with Crippen LogP contribution in [0.5, 0.6) is 17.4 Å². The number of aromatic nitrogens is 1. The van der Waals surface area contributed by atoms with Gasteiger partial charge in [0.1, 0.15) is 11.5 Å². The van der Waals surface area contributed by atoms with Crippen molar-refractivity contribution in [2.45, 2.75) is 26.4 Å². The molecular weight excluding hydrogens is 360 g/mol. The number of nitrogens with two attached hydrogens (primary N) is 1. The Morgan fingerprint density at radius 2 is 1.79 bits per heavy atom. The van der Waals surface area contributed by atoms with Crippen molar-refractivity contribution in [3.8, 4) is 17.4 Å². The van der Waals surface area contributed by atoms with Gasteiger partial charge in [-0.15, -0.1) is 0 Å². The van der Waals surface area contributed by atoms with Crippen LogP contribution in [0.3, 0.4) is 0 Å². The molecule has 0 fully saturated rings. The molecule has 1 aromatic carbocycles. The molecule has 2 amide bonds. The van der Waals surface area contributed by atoms with Gasteiger partial charge in [-0.3, -0.25) is 9.59 Å². The van der Waals surface area contributed by atoms with Crippen molar-refractivity contribution in [1.29, 1.82) is 0 Å². The summed E-state index contributed by atoms with van der Waals surface area (Å²) in [6.45, 7) is 3.85. The van der Waals surface area contributed by atoms with Gasteiger partial charge >= 0.3 is 0 Å². The van der Waals surface area contributed by atoms with E-state index >= 15 is 0 Å². The Morgan fingerprint density at radius 3 is 2.43 bits per heavy atom. The molecule has 0 bridgehead atoms. The zero-order valence-electron chi connectivity index (χ0n) is 16.3. The van der Waals surface area contributed by atoms with Crippen LogP contribution >= 0.6 is 0 Å². The topological polar surface area (TPSA) is 116 Å². The molecule has 1 aromatic heterocycles. The predicted octanol–water partition coefficient (Wildman–Crippen LogP) is 1.60. The maximum atomic E-state index is 11.9. The van der Waals surface area contributed by atoms with Crippen molar-refractivity contribution in [2.24, 2.45) is 11.7 Å². The van der Waals surface area contributed by atoms with E-state index in [1.807, 2.05) is 13.8 Å². The van der Waals surface area contributed by atoms with E-state index in [1.165, 1.54) is 0 Å². The lowest BCUT2D eigenvalue weighted by molar-refractivity contribution is -0.127. The van der Waals surface area contributed by atoms with Crippen LogP contribution in [0.15, 0.2) is 42.6 Å². The Kier molecular flexibility index (Phi) is 7.76. The molecule has 0 aliphatic rings. The number of nitrogens with one attached hydrogen (secondary N) is 2. The van der Waals surface area contributed by atoms with Gasteiger partial charge in [0.15, 0.2) is 0 Å². The van der Waals surface area contributed by atoms with Crippen LogP contribution < -0.4 is 25.8 Å². The van der Waals surface area contributed by atoms with Crippen molar-refractivity contribution in [3.05, 3.63) is 48.2 Å². The molecule has 150 valence electrons. The number of nitrogens with zero attached hydrogens (tertiary/aromatic N) is 1. The number of methoxy groups -OCH3 is 1. The van der Waals surface area contributed by atoms with Crippen LogP contribution in [0.2, 0.25) is 0 Å². The zero-order valence-corrected chi connectivity index (χ0v) is 16.3. The summed E-state index contributed by atoms with van der Waals surface area (Å²) < 4.78 is 10.8. The predicted molar refractivity (Wildman–Crippen MR) is 105 cm³/mol. The van der Waals surface area contributed by atoms with Gasteiger partial charge in [0, 0.05) is 18.8 Å². The molecule has 0 saturated carbocycles. The summed E-state index contributed by atoms with van der Waals surface area (Å²) in [4.78, 5) is 27.9. The third kappa shape index (κ3) is 6.55. The van der Waals surface area contributed by atoms with Crippen molar-refractivity contribution >= 4 is 11.8 Å². The maximum absolute atomic E-state index is 11.9. The Labute approximate surface area is 164 Å². The Balaban J connectivity index is 1.83. The van der Waals surface area contributed by atoms with E-state index in [4.69, 9.17) is 15.2 Å². The molecule has 28 heavy (non-hydrogen) atoms. The van der Waals surface area contributed by atoms with Gasteiger partial charge in [-0.2, -0.15) is 0 Å². The van der Waals surface area contributed by atoms with Gasteiger partial charge in [-0.25, -0.2) is 4.98 Å². The maximum Gasteiger partial charge on any atom is 0.239 e. The van der Waals surface area contributed by atoms with E-state index in [9.17, 15) is 9.59 Å². The highest BCUT2D eigenvalue weighted by Gasteiger charge is 2.17. The number of amides is 2. The number of ether oxygens (including phenoxy) is 2. The van der Waals surface area contributed by atoms with Crippen LogP contribution in [0.1, 0.15) is 19.4 Å². The third-order valence-corrected chi connectivity index (χ3v) is 4.01. The molecule has 0 saturated heterocycles. The first-order chi connectivity index (χ1) is 13.4. The molecule has 0 radical (unpaired) electrons. The average molecular weight is 386 g/mol. The van der Waals surface area contributed by atoms with E-state index in [1.54, 1.807) is 49.7 Å². The van der Waals surface area contributed by atoms with Gasteiger partial charge in [0.05, 0.1) is 19.7 Å². The lowest BCUT2D eigenvalue weighted by atomic mass is 10.1. The third-order valence-electron chi connectivity index (χ3n) is 4.01. The summed E-state index contributed by atoms with van der Waals surface area (Å²) in [5, 5.41) is 5.26. The summed E-state index contributed by atoms with van der Waals surface area (Å²) in [5.74, 6) is 1.12. The fourth-order valence-electron chi connectivity index (χ4n) is 2.23. The Bertz CT molecular complexity index is 793. The SMILES string of the molecule is COc1ccc(Oc2cc(CNC(=O)CNC(=O)[C@@H](N)C(C)C)ccn2)cc1. The van der Waals surface area contributed by atoms with E-state index in [0.29, 0.717) is 11.6 Å². The van der Waals surface area contributed by atoms with Gasteiger partial charge in [-0.05, 0) is 41.8 Å². The number of pyridine rings is 1. The molecule has 0 aliphatic heterocycles. The summed E-state index contributed by atoms with van der Waals surface area (Å²) in [6.07, 6.45) is 1.60. The van der Waals surface area contributed by atoms with Crippen LogP contribution in [-0.2, 0) is 16.1 Å². The Hall–Kier alpha value is -3.13. The molecule has 0 aliphatic carbocycles. The normalized spacial score (nSPS) is 11.6. The van der Waals surface area contributed by atoms with Crippen molar-refractivity contribution in [1.82, 2.24) is 15.6 Å². The van der Waals surface area contributed by atoms with Crippen molar-refractivity contribution in [3.63, 3.8) is 0 Å². The molecule has 1 heterocycles. The summed E-state index contributed by atoms with van der Waals surface area (Å²) >= 11 is 0. The van der Waals surface area contributed by atoms with E-state index in [-0.39, 0.29) is 30.8 Å². The van der Waals surface area contributed by atoms with E-state index in [0.717, 1.165) is 11.3 Å². The molecule has 8 nitrogen and oxygen atoms in total. The highest BCUT2D eigenvalue weighted by molar-refractivity contribution is 5.87. The quantitative estimate of drug-likeness (QED) is 0.603. The van der Waals surface area contributed by atoms with Crippen LogP contribution in [0, 0.1) is 5.92 Å². The minimum Gasteiger partial charge on any atom is -0.497 e. The van der Waals surface area contributed by atoms with E-state index < -0.39 is 6.04 Å². The first kappa shape index (κ1) is 21.2. The Morgan fingerprint density at radius 1 is 1.11 bits per heavy atom. The minimum absolute atomic E-state index is 0.00371. The van der Waals surface area contributed by atoms with Crippen molar-refractivity contribution in [2.75, 3.05) is 13.7 Å². The summed E-state index contributed by atoms with van der Waals surface area (Å²) in [5.41, 5.74) is 6.55. The molecule has 4 N–H and O–H groups in total. The molecule has 1 atom stereocenters. The fraction of sp³-hybridized carbons (Fsp3) is 0.350. The van der Waals surface area contributed by atoms with E-state index in [2.05, 4.69) is 15.6 Å². The second-order valence-corrected chi connectivity index (χ2v) is 6.54. The smallest absolute Gasteiger partial charge is 0.239 e. The summed E-state index contributed by atoms with van der Waals surface area (Å²) in [7, 11) is 1.60. The molecule has 0 unspecified atom stereocenters. The van der Waals surface area contributed by atoms with Crippen LogP contribution in [0.4, 0.5) is 0 Å². The van der Waals surface area contributed by atoms with Crippen LogP contribution in [-0.4, -0.2) is 36.5 Å². The lowest BCUT2D eigenvalue weighted by Crippen LogP contribution is -2.47. The summed E-state index contributed by atoms with van der Waals surface area (Å²) in [6, 6.07) is 10.0. The molecular formula is C20H26N4O4. The first-order valence-corrected chi connectivity index (χ1v) is 8.96. The second-order valence-electron chi connectivity index (χ2n) is 6.54. The zero-order chi connectivity index (χ0) is 20.5. The number of rotatable bonds is 9. The minimum atomic E-state index is -0.634. The number of carbonyl (C=O) groups excluding carboxylic acids is 2. The van der Waals surface area contributed by atoms with Crippen LogP contribution in [0.25, 0.3) is 0 Å². The lowest BCUT2D eigenvalue weighted by Gasteiger charge is -2.15. The highest BCUT2D eigenvalue weighted by Crippen LogP contribution is 2.22. The van der Waals surface area contributed by atoms with Gasteiger partial charge in [0.2, 0.25) is 17.7 Å². The first-order valence-electron chi connectivity index (χ1n) is 8.96. The fourth-order valence-corrected chi connectivity index (χ4v) is 2.23. The number of benzene rings is 1. The number of hydrogen-bond donors (Lipinski definition) is 3. The van der Waals surface area contributed by atoms with Gasteiger partial charge in [0.25, 0.3) is 0 Å². The van der Waals surface area contributed by atoms with Crippen molar-refractivity contribution < 1.29 is 19.1 Å². The van der Waals surface area contributed by atoms with Gasteiger partial charge in [-0.1, -0.05) is 13.8 Å². The monoisotopic (exact) mass is 386 g/mol. The standard InChI is InChI=1S/C20H26N4O4/c1-13(2)19(21)20(26)24-12-17(25)23-11-14-8-9-22-18(10-14)28-16-6-4-15(27-3)5-7-16/h4-10,13,19H,11-12,21H2,1-3H3,(H,23,25)(H,24,26)/t19-/m0/s1. The highest BCUT2D eigenvalue weighted by atomic mass is 16.5.